The van der Waals surface area contributed by atoms with Crippen molar-refractivity contribution in [1.82, 2.24) is 0 Å². The van der Waals surface area contributed by atoms with E-state index in [1.807, 2.05) is 0 Å². The third-order valence-electron chi connectivity index (χ3n) is 2.88. The van der Waals surface area contributed by atoms with Gasteiger partial charge in [-0.2, -0.15) is 0 Å². The lowest BCUT2D eigenvalue weighted by Crippen LogP contribution is -2.33. The smallest absolute Gasteiger partial charge is 0.0692 e. The van der Waals surface area contributed by atoms with Crippen molar-refractivity contribution < 1.29 is 0 Å². The molecule has 1 heteroatoms. The van der Waals surface area contributed by atoms with Crippen LogP contribution in [0.15, 0.2) is 0 Å². The van der Waals surface area contributed by atoms with Gasteiger partial charge in [0.1, 0.15) is 0 Å². The van der Waals surface area contributed by atoms with Crippen LogP contribution in [0.2, 0.25) is 24.2 Å². The van der Waals surface area contributed by atoms with E-state index in [1.54, 1.807) is 0 Å². The Balaban J connectivity index is 4.63. The maximum absolute atomic E-state index is 5.46. The number of hydrogen-bond acceptors (Lipinski definition) is 0. The highest BCUT2D eigenvalue weighted by molar-refractivity contribution is 6.80. The van der Waals surface area contributed by atoms with Crippen LogP contribution in [0.25, 0.3) is 0 Å². The maximum atomic E-state index is 5.46. The summed E-state index contributed by atoms with van der Waals surface area (Å²) in [7, 11) is -1.52. The van der Waals surface area contributed by atoms with Crippen molar-refractivity contribution in [3.05, 3.63) is 0 Å². The fourth-order valence-corrected chi connectivity index (χ4v) is 5.61. The molecule has 82 valence electrons. The molecule has 0 nitrogen and oxygen atoms in total. The molecule has 0 radical (unpaired) electrons. The van der Waals surface area contributed by atoms with Crippen LogP contribution in [0.3, 0.4) is 0 Å². The molecule has 0 saturated heterocycles. The van der Waals surface area contributed by atoms with E-state index in [0.717, 1.165) is 43.4 Å². The summed E-state index contributed by atoms with van der Waals surface area (Å²) in [6.45, 7) is 0. The van der Waals surface area contributed by atoms with Gasteiger partial charge in [-0.3, -0.25) is 0 Å². The summed E-state index contributed by atoms with van der Waals surface area (Å²) in [4.78, 5) is 0. The van der Waals surface area contributed by atoms with Gasteiger partial charge in [-0.15, -0.1) is 49.4 Å². The SMILES string of the molecule is C#CCC[Si](CC#C)(CCC#C)CCC#C. The Kier molecular flexibility index (Phi) is 7.90. The number of terminal acetylenes is 4. The fourth-order valence-electron chi connectivity index (χ4n) is 1.87. The van der Waals surface area contributed by atoms with Crippen molar-refractivity contribution in [3.8, 4) is 49.4 Å². The Bertz CT molecular complexity index is 305. The second-order valence-electron chi connectivity index (χ2n) is 3.99. The molecule has 0 aliphatic carbocycles. The van der Waals surface area contributed by atoms with E-state index in [4.69, 9.17) is 25.7 Å². The van der Waals surface area contributed by atoms with Gasteiger partial charge in [0.15, 0.2) is 0 Å². The Morgan fingerprint density at radius 3 is 1.25 bits per heavy atom. The van der Waals surface area contributed by atoms with Gasteiger partial charge in [-0.1, -0.05) is 0 Å². The first-order chi connectivity index (χ1) is 7.74. The van der Waals surface area contributed by atoms with E-state index in [2.05, 4.69) is 23.7 Å². The van der Waals surface area contributed by atoms with Crippen molar-refractivity contribution in [2.45, 2.75) is 43.4 Å². The quantitative estimate of drug-likeness (QED) is 0.462. The minimum Gasteiger partial charge on any atom is -0.120 e. The summed E-state index contributed by atoms with van der Waals surface area (Å²) < 4.78 is 0. The molecular weight excluding hydrogens is 208 g/mol. The normalized spacial score (nSPS) is 9.50. The summed E-state index contributed by atoms with van der Waals surface area (Å²) >= 11 is 0. The van der Waals surface area contributed by atoms with Gasteiger partial charge in [-0.25, -0.2) is 0 Å². The first kappa shape index (κ1) is 14.5. The number of hydrogen-bond donors (Lipinski definition) is 0. The van der Waals surface area contributed by atoms with Crippen LogP contribution in [-0.2, 0) is 0 Å². The zero-order valence-corrected chi connectivity index (χ0v) is 10.8. The van der Waals surface area contributed by atoms with E-state index in [0.29, 0.717) is 0 Å². The van der Waals surface area contributed by atoms with Crippen LogP contribution in [0, 0.1) is 49.4 Å². The highest BCUT2D eigenvalue weighted by Gasteiger charge is 2.29. The van der Waals surface area contributed by atoms with Gasteiger partial charge in [0.05, 0.1) is 8.07 Å². The maximum Gasteiger partial charge on any atom is 0.0692 e. The van der Waals surface area contributed by atoms with Gasteiger partial charge >= 0.3 is 0 Å². The molecule has 0 rings (SSSR count). The largest absolute Gasteiger partial charge is 0.120 e. The third-order valence-corrected chi connectivity index (χ3v) is 7.76. The minimum atomic E-state index is -1.52. The molecule has 0 unspecified atom stereocenters. The van der Waals surface area contributed by atoms with Crippen LogP contribution < -0.4 is 0 Å². The first-order valence-electron chi connectivity index (χ1n) is 5.48. The van der Waals surface area contributed by atoms with E-state index >= 15 is 0 Å². The number of rotatable bonds is 7. The molecule has 0 aliphatic heterocycles. The first-order valence-corrected chi connectivity index (χ1v) is 8.31. The van der Waals surface area contributed by atoms with Crippen molar-refractivity contribution in [3.63, 3.8) is 0 Å². The Labute approximate surface area is 101 Å². The molecule has 0 atom stereocenters. The molecule has 0 fully saturated rings. The molecule has 0 aromatic heterocycles. The molecule has 0 amide bonds. The lowest BCUT2D eigenvalue weighted by Gasteiger charge is -2.28. The topological polar surface area (TPSA) is 0 Å². The van der Waals surface area contributed by atoms with Gasteiger partial charge in [0.2, 0.25) is 0 Å². The highest BCUT2D eigenvalue weighted by atomic mass is 28.3. The zero-order valence-electron chi connectivity index (χ0n) is 9.76. The average molecular weight is 226 g/mol. The molecule has 0 heterocycles. The Morgan fingerprint density at radius 1 is 0.625 bits per heavy atom. The molecule has 0 aromatic carbocycles. The van der Waals surface area contributed by atoms with Gasteiger partial charge < -0.3 is 0 Å². The summed E-state index contributed by atoms with van der Waals surface area (Å²) in [6, 6.07) is 4.00. The highest BCUT2D eigenvalue weighted by Crippen LogP contribution is 2.29. The Morgan fingerprint density at radius 2 is 1.00 bits per heavy atom. The Hall–Kier alpha value is -1.54. The van der Waals surface area contributed by atoms with Crippen molar-refractivity contribution in [1.29, 1.82) is 0 Å². The molecule has 0 N–H and O–H groups in total. The second kappa shape index (κ2) is 8.74. The monoisotopic (exact) mass is 226 g/mol. The van der Waals surface area contributed by atoms with Crippen LogP contribution in [0.4, 0.5) is 0 Å². The molecule has 0 bridgehead atoms. The molecule has 16 heavy (non-hydrogen) atoms. The average Bonchev–Trinajstić information content (AvgIpc) is 2.31. The minimum absolute atomic E-state index is 0.795. The van der Waals surface area contributed by atoms with Crippen LogP contribution in [-0.4, -0.2) is 8.07 Å². The van der Waals surface area contributed by atoms with E-state index < -0.39 is 8.07 Å². The standard InChI is InChI=1S/C15H18Si/c1-5-9-13-16(12-8-4,14-10-6-2)15-11-7-3/h1-4H,9-15H2. The molecule has 0 aromatic rings. The van der Waals surface area contributed by atoms with Crippen LogP contribution in [0.5, 0.6) is 0 Å². The lowest BCUT2D eigenvalue weighted by atomic mass is 10.5. The lowest BCUT2D eigenvalue weighted by molar-refractivity contribution is 1.03. The van der Waals surface area contributed by atoms with Gasteiger partial charge in [-0.05, 0) is 18.1 Å². The zero-order chi connectivity index (χ0) is 12.3. The van der Waals surface area contributed by atoms with Crippen LogP contribution >= 0.6 is 0 Å². The molecule has 0 aliphatic rings. The van der Waals surface area contributed by atoms with Crippen molar-refractivity contribution in [2.75, 3.05) is 0 Å². The summed E-state index contributed by atoms with van der Waals surface area (Å²) in [6.07, 6.45) is 23.8. The summed E-state index contributed by atoms with van der Waals surface area (Å²) in [5.41, 5.74) is 0. The van der Waals surface area contributed by atoms with E-state index in [-0.39, 0.29) is 0 Å². The predicted molar refractivity (Wildman–Crippen MR) is 74.2 cm³/mol. The van der Waals surface area contributed by atoms with E-state index in [9.17, 15) is 0 Å². The van der Waals surface area contributed by atoms with Crippen molar-refractivity contribution in [2.24, 2.45) is 0 Å². The third kappa shape index (κ3) is 5.37. The molecule has 0 spiro atoms. The predicted octanol–water partition coefficient (Wildman–Crippen LogP) is 3.14. The summed E-state index contributed by atoms with van der Waals surface area (Å²) in [5.74, 6) is 10.9. The van der Waals surface area contributed by atoms with Crippen molar-refractivity contribution >= 4 is 8.07 Å². The molecule has 0 saturated carbocycles. The fraction of sp³-hybridized carbons (Fsp3) is 0.467. The van der Waals surface area contributed by atoms with Gasteiger partial charge in [0.25, 0.3) is 0 Å². The van der Waals surface area contributed by atoms with E-state index in [1.165, 1.54) is 0 Å². The second-order valence-corrected chi connectivity index (χ2v) is 8.85. The summed E-state index contributed by atoms with van der Waals surface area (Å²) in [5, 5.41) is 0. The van der Waals surface area contributed by atoms with Crippen LogP contribution in [0.1, 0.15) is 19.3 Å². The molecular formula is C15H18Si. The van der Waals surface area contributed by atoms with Gasteiger partial charge in [0, 0.05) is 25.3 Å².